The molecule has 0 aromatic rings. The average molecular weight is 182 g/mol. The molecule has 0 aromatic carbocycles. The SMILES string of the molecule is CC.CC(C)=C/C=C\CC(C)(C)C. The van der Waals surface area contributed by atoms with Crippen LogP contribution in [0.1, 0.15) is 54.9 Å². The van der Waals surface area contributed by atoms with E-state index in [1.54, 1.807) is 0 Å². The third kappa shape index (κ3) is 18.4. The minimum absolute atomic E-state index is 0.423. The molecule has 0 aromatic heterocycles. The fourth-order valence-corrected chi connectivity index (χ4v) is 0.682. The Labute approximate surface area is 84.7 Å². The van der Waals surface area contributed by atoms with Gasteiger partial charge in [0.25, 0.3) is 0 Å². The van der Waals surface area contributed by atoms with Crippen molar-refractivity contribution in [3.8, 4) is 0 Å². The fourth-order valence-electron chi connectivity index (χ4n) is 0.682. The zero-order chi connectivity index (χ0) is 10.9. The average Bonchev–Trinajstić information content (AvgIpc) is 2.00. The molecule has 0 nitrogen and oxygen atoms in total. The van der Waals surface area contributed by atoms with E-state index in [0.717, 1.165) is 6.42 Å². The Morgan fingerprint density at radius 1 is 1.08 bits per heavy atom. The molecule has 0 aliphatic carbocycles. The van der Waals surface area contributed by atoms with Crippen LogP contribution >= 0.6 is 0 Å². The molecular formula is C13H26. The molecule has 78 valence electrons. The van der Waals surface area contributed by atoms with Crippen molar-refractivity contribution in [2.24, 2.45) is 5.41 Å². The number of allylic oxidation sites excluding steroid dienone is 4. The summed E-state index contributed by atoms with van der Waals surface area (Å²) in [5.41, 5.74) is 1.78. The first kappa shape index (κ1) is 15.0. The van der Waals surface area contributed by atoms with Crippen molar-refractivity contribution in [3.63, 3.8) is 0 Å². The van der Waals surface area contributed by atoms with E-state index in [-0.39, 0.29) is 0 Å². The predicted octanol–water partition coefficient (Wildman–Crippen LogP) is 4.97. The van der Waals surface area contributed by atoms with Gasteiger partial charge in [0.05, 0.1) is 0 Å². The lowest BCUT2D eigenvalue weighted by atomic mass is 9.92. The van der Waals surface area contributed by atoms with E-state index in [9.17, 15) is 0 Å². The molecule has 0 bridgehead atoms. The summed E-state index contributed by atoms with van der Waals surface area (Å²) in [6, 6.07) is 0. The molecule has 0 spiro atoms. The highest BCUT2D eigenvalue weighted by molar-refractivity contribution is 5.08. The van der Waals surface area contributed by atoms with Crippen LogP contribution in [-0.2, 0) is 0 Å². The summed E-state index contributed by atoms with van der Waals surface area (Å²) >= 11 is 0. The Hall–Kier alpha value is -0.520. The predicted molar refractivity (Wildman–Crippen MR) is 64.0 cm³/mol. The second-order valence-corrected chi connectivity index (χ2v) is 4.44. The lowest BCUT2D eigenvalue weighted by Crippen LogP contribution is -2.01. The number of hydrogen-bond acceptors (Lipinski definition) is 0. The van der Waals surface area contributed by atoms with Crippen LogP contribution in [0.15, 0.2) is 23.8 Å². The third-order valence-electron chi connectivity index (χ3n) is 1.30. The minimum atomic E-state index is 0.423. The Morgan fingerprint density at radius 2 is 1.54 bits per heavy atom. The van der Waals surface area contributed by atoms with Gasteiger partial charge in [-0.15, -0.1) is 0 Å². The molecule has 0 atom stereocenters. The smallest absolute Gasteiger partial charge is 0.0299 e. The molecule has 0 rings (SSSR count). The Balaban J connectivity index is 0. The van der Waals surface area contributed by atoms with Gasteiger partial charge in [0.2, 0.25) is 0 Å². The maximum atomic E-state index is 2.25. The second kappa shape index (κ2) is 8.10. The summed E-state index contributed by atoms with van der Waals surface area (Å²) in [6.07, 6.45) is 7.66. The number of hydrogen-bond donors (Lipinski definition) is 0. The van der Waals surface area contributed by atoms with Crippen LogP contribution in [0.25, 0.3) is 0 Å². The van der Waals surface area contributed by atoms with E-state index < -0.39 is 0 Å². The Morgan fingerprint density at radius 3 is 1.85 bits per heavy atom. The van der Waals surface area contributed by atoms with E-state index >= 15 is 0 Å². The van der Waals surface area contributed by atoms with Crippen LogP contribution in [-0.4, -0.2) is 0 Å². The van der Waals surface area contributed by atoms with Gasteiger partial charge in [0, 0.05) is 0 Å². The van der Waals surface area contributed by atoms with Gasteiger partial charge in [0.1, 0.15) is 0 Å². The maximum absolute atomic E-state index is 2.25. The van der Waals surface area contributed by atoms with Crippen molar-refractivity contribution in [2.75, 3.05) is 0 Å². The molecule has 0 heteroatoms. The van der Waals surface area contributed by atoms with Gasteiger partial charge in [-0.2, -0.15) is 0 Å². The van der Waals surface area contributed by atoms with E-state index in [2.05, 4.69) is 52.8 Å². The quantitative estimate of drug-likeness (QED) is 0.529. The van der Waals surface area contributed by atoms with Crippen molar-refractivity contribution in [1.82, 2.24) is 0 Å². The van der Waals surface area contributed by atoms with Crippen LogP contribution < -0.4 is 0 Å². The van der Waals surface area contributed by atoms with Gasteiger partial charge in [0.15, 0.2) is 0 Å². The molecule has 0 amide bonds. The highest BCUT2D eigenvalue weighted by Crippen LogP contribution is 2.18. The second-order valence-electron chi connectivity index (χ2n) is 4.44. The minimum Gasteiger partial charge on any atom is -0.0840 e. The largest absolute Gasteiger partial charge is 0.0840 e. The van der Waals surface area contributed by atoms with Gasteiger partial charge >= 0.3 is 0 Å². The third-order valence-corrected chi connectivity index (χ3v) is 1.30. The van der Waals surface area contributed by atoms with E-state index in [1.165, 1.54) is 5.57 Å². The van der Waals surface area contributed by atoms with Gasteiger partial charge in [-0.1, -0.05) is 58.4 Å². The summed E-state index contributed by atoms with van der Waals surface area (Å²) in [4.78, 5) is 0. The highest BCUT2D eigenvalue weighted by atomic mass is 14.1. The molecule has 0 radical (unpaired) electrons. The molecule has 0 aliphatic rings. The molecular weight excluding hydrogens is 156 g/mol. The summed E-state index contributed by atoms with van der Waals surface area (Å²) in [5.74, 6) is 0. The van der Waals surface area contributed by atoms with E-state index in [4.69, 9.17) is 0 Å². The summed E-state index contributed by atoms with van der Waals surface area (Å²) in [7, 11) is 0. The van der Waals surface area contributed by atoms with Crippen molar-refractivity contribution in [3.05, 3.63) is 23.8 Å². The standard InChI is InChI=1S/C11H20.C2H6/c1-10(2)8-6-7-9-11(3,4)5;1-2/h6-8H,9H2,1-5H3;1-2H3/b7-6-;. The molecule has 0 aliphatic heterocycles. The van der Waals surface area contributed by atoms with Gasteiger partial charge in [-0.3, -0.25) is 0 Å². The molecule has 0 fully saturated rings. The number of rotatable bonds is 2. The lowest BCUT2D eigenvalue weighted by molar-refractivity contribution is 0.420. The fraction of sp³-hybridized carbons (Fsp3) is 0.692. The van der Waals surface area contributed by atoms with Gasteiger partial charge in [-0.25, -0.2) is 0 Å². The summed E-state index contributed by atoms with van der Waals surface area (Å²) < 4.78 is 0. The Kier molecular flexibility index (Phi) is 9.33. The normalized spacial score (nSPS) is 10.7. The van der Waals surface area contributed by atoms with Crippen molar-refractivity contribution in [1.29, 1.82) is 0 Å². The van der Waals surface area contributed by atoms with Gasteiger partial charge < -0.3 is 0 Å². The molecule has 0 unspecified atom stereocenters. The van der Waals surface area contributed by atoms with Crippen LogP contribution in [0.3, 0.4) is 0 Å². The molecule has 0 saturated carbocycles. The molecule has 0 heterocycles. The van der Waals surface area contributed by atoms with Crippen LogP contribution in [0.4, 0.5) is 0 Å². The summed E-state index contributed by atoms with van der Waals surface area (Å²) in [6.45, 7) is 15.0. The maximum Gasteiger partial charge on any atom is -0.0299 e. The van der Waals surface area contributed by atoms with Crippen LogP contribution in [0.2, 0.25) is 0 Å². The zero-order valence-corrected chi connectivity index (χ0v) is 10.4. The Bertz CT molecular complexity index is 149. The van der Waals surface area contributed by atoms with E-state index in [0.29, 0.717) is 5.41 Å². The van der Waals surface area contributed by atoms with Crippen LogP contribution in [0, 0.1) is 5.41 Å². The van der Waals surface area contributed by atoms with Gasteiger partial charge in [-0.05, 0) is 25.7 Å². The molecule has 13 heavy (non-hydrogen) atoms. The first-order valence-electron chi connectivity index (χ1n) is 5.22. The van der Waals surface area contributed by atoms with E-state index in [1.807, 2.05) is 13.8 Å². The highest BCUT2D eigenvalue weighted by Gasteiger charge is 2.05. The lowest BCUT2D eigenvalue weighted by Gasteiger charge is -2.14. The van der Waals surface area contributed by atoms with Crippen molar-refractivity contribution >= 4 is 0 Å². The molecule has 0 saturated heterocycles. The molecule has 0 N–H and O–H groups in total. The monoisotopic (exact) mass is 182 g/mol. The first-order chi connectivity index (χ1) is 5.92. The van der Waals surface area contributed by atoms with Crippen molar-refractivity contribution in [2.45, 2.75) is 54.9 Å². The summed E-state index contributed by atoms with van der Waals surface area (Å²) in [5, 5.41) is 0. The zero-order valence-electron chi connectivity index (χ0n) is 10.4. The van der Waals surface area contributed by atoms with Crippen LogP contribution in [0.5, 0.6) is 0 Å². The topological polar surface area (TPSA) is 0 Å². The van der Waals surface area contributed by atoms with Crippen molar-refractivity contribution < 1.29 is 0 Å². The first-order valence-corrected chi connectivity index (χ1v) is 5.22.